The summed E-state index contributed by atoms with van der Waals surface area (Å²) in [5.41, 5.74) is 8.16. The van der Waals surface area contributed by atoms with Crippen molar-refractivity contribution in [2.24, 2.45) is 5.92 Å². The summed E-state index contributed by atoms with van der Waals surface area (Å²) in [5.74, 6) is 0.657. The molecular weight excluding hydrogens is 394 g/mol. The van der Waals surface area contributed by atoms with Crippen LogP contribution in [0.5, 0.6) is 0 Å². The largest absolute Gasteiger partial charge is 0.444 e. The van der Waals surface area contributed by atoms with Gasteiger partial charge in [0.05, 0.1) is 11.0 Å². The second-order valence-corrected chi connectivity index (χ2v) is 9.84. The number of anilines is 2. The Labute approximate surface area is 182 Å². The van der Waals surface area contributed by atoms with Crippen LogP contribution >= 0.6 is 0 Å². The van der Waals surface area contributed by atoms with Gasteiger partial charge in [-0.05, 0) is 64.7 Å². The summed E-state index contributed by atoms with van der Waals surface area (Å²) >= 11 is 0. The van der Waals surface area contributed by atoms with Crippen molar-refractivity contribution in [1.82, 2.24) is 14.9 Å². The molecule has 2 fully saturated rings. The molecule has 8 heteroatoms. The van der Waals surface area contributed by atoms with Gasteiger partial charge < -0.3 is 25.7 Å². The molecule has 2 aliphatic carbocycles. The molecule has 0 spiro atoms. The lowest BCUT2D eigenvalue weighted by atomic mass is 9.86. The van der Waals surface area contributed by atoms with Crippen molar-refractivity contribution in [1.29, 1.82) is 0 Å². The molecule has 2 amide bonds. The van der Waals surface area contributed by atoms with Gasteiger partial charge in [-0.15, -0.1) is 0 Å². The summed E-state index contributed by atoms with van der Waals surface area (Å²) in [7, 11) is 0. The minimum atomic E-state index is -0.512. The number of imidazole rings is 1. The van der Waals surface area contributed by atoms with Crippen molar-refractivity contribution >= 4 is 34.7 Å². The summed E-state index contributed by atoms with van der Waals surface area (Å²) < 4.78 is 7.35. The topological polar surface area (TPSA) is 111 Å². The molecule has 31 heavy (non-hydrogen) atoms. The summed E-state index contributed by atoms with van der Waals surface area (Å²) in [5, 5.41) is 5.96. The van der Waals surface area contributed by atoms with Gasteiger partial charge in [0.15, 0.2) is 0 Å². The number of nitrogens with two attached hydrogens (primary N) is 1. The van der Waals surface area contributed by atoms with E-state index in [-0.39, 0.29) is 23.9 Å². The van der Waals surface area contributed by atoms with E-state index in [1.165, 1.54) is 6.42 Å². The molecule has 0 radical (unpaired) electrons. The monoisotopic (exact) mass is 427 g/mol. The highest BCUT2D eigenvalue weighted by Crippen LogP contribution is 2.37. The van der Waals surface area contributed by atoms with Crippen LogP contribution in [0.25, 0.3) is 11.0 Å². The number of nitrogen functional groups attached to an aromatic ring is 1. The van der Waals surface area contributed by atoms with E-state index in [1.54, 1.807) is 0 Å². The zero-order valence-corrected chi connectivity index (χ0v) is 18.6. The highest BCUT2D eigenvalue weighted by atomic mass is 16.6. The first-order valence-electron chi connectivity index (χ1n) is 11.3. The lowest BCUT2D eigenvalue weighted by molar-refractivity contribution is -0.120. The number of rotatable bonds is 4. The predicted octanol–water partition coefficient (Wildman–Crippen LogP) is 4.37. The van der Waals surface area contributed by atoms with Crippen molar-refractivity contribution in [3.8, 4) is 0 Å². The summed E-state index contributed by atoms with van der Waals surface area (Å²) in [4.78, 5) is 29.0. The van der Waals surface area contributed by atoms with E-state index in [1.807, 2.05) is 43.5 Å². The molecule has 1 aromatic carbocycles. The lowest BCUT2D eigenvalue weighted by Gasteiger charge is -2.37. The molecule has 0 unspecified atom stereocenters. The number of ether oxygens (including phenoxy) is 1. The SMILES string of the molecule is CC(C)(C)OC(=O)N[C@H]1C[C@@H](n2c(N)nc3cc(NC(=O)C4CCCCC4)ccc32)C1. The van der Waals surface area contributed by atoms with Crippen LogP contribution in [-0.2, 0) is 9.53 Å². The number of hydrogen-bond donors (Lipinski definition) is 3. The standard InChI is InChI=1S/C23H33N5O3/c1-23(2,3)31-22(30)26-16-11-17(12-16)28-19-10-9-15(13-18(19)27-21(28)24)25-20(29)14-7-5-4-6-8-14/h9-10,13-14,16-17H,4-8,11-12H2,1-3H3,(H2,24,27)(H,25,29)(H,26,30)/t16-,17+. The molecule has 2 aliphatic rings. The van der Waals surface area contributed by atoms with Gasteiger partial charge in [-0.25, -0.2) is 9.78 Å². The molecule has 2 aromatic rings. The Morgan fingerprint density at radius 2 is 1.87 bits per heavy atom. The maximum Gasteiger partial charge on any atom is 0.407 e. The third-order valence-electron chi connectivity index (χ3n) is 6.16. The van der Waals surface area contributed by atoms with E-state index in [2.05, 4.69) is 15.6 Å². The van der Waals surface area contributed by atoms with Crippen LogP contribution in [-0.4, -0.2) is 33.2 Å². The fourth-order valence-electron chi connectivity index (χ4n) is 4.58. The first-order valence-corrected chi connectivity index (χ1v) is 11.3. The Balaban J connectivity index is 1.39. The Hall–Kier alpha value is -2.77. The second kappa shape index (κ2) is 8.40. The van der Waals surface area contributed by atoms with Crippen LogP contribution < -0.4 is 16.4 Å². The van der Waals surface area contributed by atoms with E-state index < -0.39 is 11.7 Å². The van der Waals surface area contributed by atoms with E-state index in [9.17, 15) is 9.59 Å². The fourth-order valence-corrected chi connectivity index (χ4v) is 4.58. The number of alkyl carbamates (subject to hydrolysis) is 1. The molecule has 0 saturated heterocycles. The van der Waals surface area contributed by atoms with E-state index >= 15 is 0 Å². The number of carbonyl (C=O) groups excluding carboxylic acids is 2. The number of hydrogen-bond acceptors (Lipinski definition) is 5. The van der Waals surface area contributed by atoms with Crippen molar-refractivity contribution in [3.05, 3.63) is 18.2 Å². The van der Waals surface area contributed by atoms with Gasteiger partial charge in [-0.2, -0.15) is 0 Å². The quantitative estimate of drug-likeness (QED) is 0.671. The molecule has 2 saturated carbocycles. The number of aromatic nitrogens is 2. The third kappa shape index (κ3) is 4.94. The first-order chi connectivity index (χ1) is 14.7. The zero-order valence-electron chi connectivity index (χ0n) is 18.6. The number of amides is 2. The Morgan fingerprint density at radius 1 is 1.16 bits per heavy atom. The van der Waals surface area contributed by atoms with Crippen LogP contribution in [0.3, 0.4) is 0 Å². The first kappa shape index (κ1) is 21.5. The molecule has 0 aliphatic heterocycles. The minimum absolute atomic E-state index is 0.0609. The molecule has 1 aromatic heterocycles. The van der Waals surface area contributed by atoms with Crippen molar-refractivity contribution in [2.75, 3.05) is 11.1 Å². The van der Waals surface area contributed by atoms with Gasteiger partial charge in [0, 0.05) is 23.7 Å². The highest BCUT2D eigenvalue weighted by Gasteiger charge is 2.34. The molecule has 1 heterocycles. The third-order valence-corrected chi connectivity index (χ3v) is 6.16. The molecule has 0 atom stereocenters. The van der Waals surface area contributed by atoms with Gasteiger partial charge in [0.1, 0.15) is 5.60 Å². The Morgan fingerprint density at radius 3 is 2.55 bits per heavy atom. The van der Waals surface area contributed by atoms with Crippen molar-refractivity contribution in [3.63, 3.8) is 0 Å². The molecule has 8 nitrogen and oxygen atoms in total. The molecule has 4 N–H and O–H groups in total. The zero-order chi connectivity index (χ0) is 22.2. The maximum absolute atomic E-state index is 12.5. The highest BCUT2D eigenvalue weighted by molar-refractivity contribution is 5.94. The number of benzene rings is 1. The molecule has 4 rings (SSSR count). The minimum Gasteiger partial charge on any atom is -0.444 e. The summed E-state index contributed by atoms with van der Waals surface area (Å²) in [6.45, 7) is 5.54. The van der Waals surface area contributed by atoms with Crippen LogP contribution in [0.4, 0.5) is 16.4 Å². The average molecular weight is 428 g/mol. The van der Waals surface area contributed by atoms with Crippen LogP contribution in [0, 0.1) is 5.92 Å². The smallest absolute Gasteiger partial charge is 0.407 e. The molecule has 0 bridgehead atoms. The number of nitrogens with one attached hydrogen (secondary N) is 2. The normalized spacial score (nSPS) is 22.0. The molecular formula is C23H33N5O3. The van der Waals surface area contributed by atoms with Gasteiger partial charge in [-0.3, -0.25) is 4.79 Å². The number of nitrogens with zero attached hydrogens (tertiary/aromatic N) is 2. The Bertz CT molecular complexity index is 965. The van der Waals surface area contributed by atoms with Gasteiger partial charge >= 0.3 is 6.09 Å². The molecule has 168 valence electrons. The van der Waals surface area contributed by atoms with Crippen molar-refractivity contribution < 1.29 is 14.3 Å². The van der Waals surface area contributed by atoms with Crippen LogP contribution in [0.2, 0.25) is 0 Å². The summed E-state index contributed by atoms with van der Waals surface area (Å²) in [6.07, 6.45) is 6.57. The van der Waals surface area contributed by atoms with Gasteiger partial charge in [0.25, 0.3) is 0 Å². The Kier molecular flexibility index (Phi) is 5.81. The predicted molar refractivity (Wildman–Crippen MR) is 121 cm³/mol. The van der Waals surface area contributed by atoms with Gasteiger partial charge in [-0.1, -0.05) is 19.3 Å². The van der Waals surface area contributed by atoms with Gasteiger partial charge in [0.2, 0.25) is 11.9 Å². The lowest BCUT2D eigenvalue weighted by Crippen LogP contribution is -2.46. The summed E-state index contributed by atoms with van der Waals surface area (Å²) in [6, 6.07) is 6.00. The second-order valence-electron chi connectivity index (χ2n) is 9.84. The number of fused-ring (bicyclic) bond motifs is 1. The van der Waals surface area contributed by atoms with Crippen LogP contribution in [0.1, 0.15) is 71.8 Å². The van der Waals surface area contributed by atoms with Crippen LogP contribution in [0.15, 0.2) is 18.2 Å². The average Bonchev–Trinajstić information content (AvgIpc) is 2.98. The maximum atomic E-state index is 12.5. The fraction of sp³-hybridized carbons (Fsp3) is 0.609. The van der Waals surface area contributed by atoms with E-state index in [0.717, 1.165) is 55.2 Å². The number of carbonyl (C=O) groups is 2. The van der Waals surface area contributed by atoms with Crippen molar-refractivity contribution in [2.45, 2.75) is 83.4 Å². The van der Waals surface area contributed by atoms with E-state index in [0.29, 0.717) is 5.95 Å². The van der Waals surface area contributed by atoms with E-state index in [4.69, 9.17) is 10.5 Å².